The molecule has 0 saturated carbocycles. The van der Waals surface area contributed by atoms with Crippen LogP contribution in [-0.4, -0.2) is 5.97 Å². The van der Waals surface area contributed by atoms with Gasteiger partial charge in [-0.05, 0) is 12.1 Å². The highest BCUT2D eigenvalue weighted by molar-refractivity contribution is 6.31. The maximum Gasteiger partial charge on any atom is 0.339 e. The first-order chi connectivity index (χ1) is 5.68. The Kier molecular flexibility index (Phi) is 1.48. The van der Waals surface area contributed by atoms with Crippen molar-refractivity contribution in [2.45, 2.75) is 6.61 Å². The molecule has 0 atom stereocenters. The quantitative estimate of drug-likeness (QED) is 0.491. The molecular weight excluding hydrogens is 178 g/mol. The maximum absolute atomic E-state index is 11.0. The first-order valence-electron chi connectivity index (χ1n) is 3.43. The van der Waals surface area contributed by atoms with Crippen LogP contribution in [0.2, 0.25) is 5.02 Å². The zero-order chi connectivity index (χ0) is 8.72. The van der Waals surface area contributed by atoms with Crippen LogP contribution in [0, 0.1) is 0 Å². The number of halogens is 1. The fourth-order valence-electron chi connectivity index (χ4n) is 1.22. The van der Waals surface area contributed by atoms with Gasteiger partial charge in [0.05, 0.1) is 5.56 Å². The SMILES string of the molecule is Nc1cc(Cl)cc2c1COC2=O. The molecule has 3 nitrogen and oxygen atoms in total. The van der Waals surface area contributed by atoms with Gasteiger partial charge >= 0.3 is 5.97 Å². The van der Waals surface area contributed by atoms with Crippen molar-refractivity contribution in [3.8, 4) is 0 Å². The maximum atomic E-state index is 11.0. The topological polar surface area (TPSA) is 52.3 Å². The number of hydrogen-bond acceptors (Lipinski definition) is 3. The van der Waals surface area contributed by atoms with E-state index in [2.05, 4.69) is 0 Å². The number of ether oxygens (including phenoxy) is 1. The van der Waals surface area contributed by atoms with E-state index in [-0.39, 0.29) is 12.6 Å². The van der Waals surface area contributed by atoms with Crippen molar-refractivity contribution in [3.05, 3.63) is 28.3 Å². The molecule has 0 fully saturated rings. The van der Waals surface area contributed by atoms with Crippen LogP contribution in [0.5, 0.6) is 0 Å². The molecular formula is C8H6ClNO2. The molecule has 1 heterocycles. The largest absolute Gasteiger partial charge is 0.457 e. The van der Waals surface area contributed by atoms with E-state index in [0.29, 0.717) is 16.3 Å². The molecule has 62 valence electrons. The Morgan fingerprint density at radius 1 is 1.50 bits per heavy atom. The number of esters is 1. The number of nitrogens with two attached hydrogens (primary N) is 1. The van der Waals surface area contributed by atoms with Crippen LogP contribution >= 0.6 is 11.6 Å². The van der Waals surface area contributed by atoms with Crippen LogP contribution in [0.1, 0.15) is 15.9 Å². The molecule has 0 radical (unpaired) electrons. The molecule has 0 aliphatic carbocycles. The summed E-state index contributed by atoms with van der Waals surface area (Å²) in [7, 11) is 0. The third-order valence-electron chi connectivity index (χ3n) is 1.82. The van der Waals surface area contributed by atoms with E-state index < -0.39 is 0 Å². The predicted octanol–water partition coefficient (Wildman–Crippen LogP) is 1.59. The highest BCUT2D eigenvalue weighted by Crippen LogP contribution is 2.28. The number of carbonyl (C=O) groups is 1. The Morgan fingerprint density at radius 3 is 3.00 bits per heavy atom. The van der Waals surface area contributed by atoms with Gasteiger partial charge in [-0.25, -0.2) is 4.79 Å². The third kappa shape index (κ3) is 0.940. The third-order valence-corrected chi connectivity index (χ3v) is 2.03. The minimum Gasteiger partial charge on any atom is -0.457 e. The van der Waals surface area contributed by atoms with Crippen LogP contribution < -0.4 is 5.73 Å². The van der Waals surface area contributed by atoms with Crippen molar-refractivity contribution in [1.82, 2.24) is 0 Å². The van der Waals surface area contributed by atoms with Gasteiger partial charge in [0.1, 0.15) is 6.61 Å². The van der Waals surface area contributed by atoms with E-state index in [0.717, 1.165) is 5.56 Å². The van der Waals surface area contributed by atoms with Crippen LogP contribution in [-0.2, 0) is 11.3 Å². The van der Waals surface area contributed by atoms with Gasteiger partial charge < -0.3 is 10.5 Å². The molecule has 0 spiro atoms. The van der Waals surface area contributed by atoms with Gasteiger partial charge in [0.25, 0.3) is 0 Å². The summed E-state index contributed by atoms with van der Waals surface area (Å²) in [5.74, 6) is -0.348. The predicted molar refractivity (Wildman–Crippen MR) is 45.0 cm³/mol. The van der Waals surface area contributed by atoms with E-state index >= 15 is 0 Å². The number of fused-ring (bicyclic) bond motifs is 1. The number of cyclic esters (lactones) is 1. The summed E-state index contributed by atoms with van der Waals surface area (Å²) in [4.78, 5) is 11.0. The second-order valence-electron chi connectivity index (χ2n) is 2.60. The fraction of sp³-hybridized carbons (Fsp3) is 0.125. The lowest BCUT2D eigenvalue weighted by Gasteiger charge is -1.99. The van der Waals surface area contributed by atoms with Crippen molar-refractivity contribution in [3.63, 3.8) is 0 Å². The van der Waals surface area contributed by atoms with Gasteiger partial charge in [-0.2, -0.15) is 0 Å². The lowest BCUT2D eigenvalue weighted by Crippen LogP contribution is -1.95. The van der Waals surface area contributed by atoms with Crippen LogP contribution in [0.3, 0.4) is 0 Å². The molecule has 1 aliphatic heterocycles. The van der Waals surface area contributed by atoms with Gasteiger partial charge in [0.15, 0.2) is 0 Å². The van der Waals surface area contributed by atoms with E-state index in [4.69, 9.17) is 22.1 Å². The molecule has 0 unspecified atom stereocenters. The Balaban J connectivity index is 2.68. The van der Waals surface area contributed by atoms with Crippen LogP contribution in [0.4, 0.5) is 5.69 Å². The normalized spacial score (nSPS) is 14.2. The van der Waals surface area contributed by atoms with Gasteiger partial charge in [-0.1, -0.05) is 11.6 Å². The molecule has 0 amide bonds. The molecule has 1 aromatic rings. The molecule has 12 heavy (non-hydrogen) atoms. The average Bonchev–Trinajstić information content (AvgIpc) is 2.33. The second-order valence-corrected chi connectivity index (χ2v) is 3.03. The number of rotatable bonds is 0. The number of carbonyl (C=O) groups excluding carboxylic acids is 1. The minimum atomic E-state index is -0.348. The number of benzene rings is 1. The highest BCUT2D eigenvalue weighted by Gasteiger charge is 2.23. The average molecular weight is 184 g/mol. The minimum absolute atomic E-state index is 0.261. The van der Waals surface area contributed by atoms with E-state index in [1.54, 1.807) is 12.1 Å². The number of anilines is 1. The number of nitrogen functional groups attached to an aromatic ring is 1. The summed E-state index contributed by atoms with van der Waals surface area (Å²) in [6.45, 7) is 0.261. The summed E-state index contributed by atoms with van der Waals surface area (Å²) in [6, 6.07) is 3.19. The van der Waals surface area contributed by atoms with Crippen molar-refractivity contribution >= 4 is 23.3 Å². The summed E-state index contributed by atoms with van der Waals surface area (Å²) in [5.41, 5.74) is 7.36. The first kappa shape index (κ1) is 7.43. The van der Waals surface area contributed by atoms with E-state index in [9.17, 15) is 4.79 Å². The summed E-state index contributed by atoms with van der Waals surface area (Å²) >= 11 is 5.71. The molecule has 2 N–H and O–H groups in total. The molecule has 1 aliphatic rings. The fourth-order valence-corrected chi connectivity index (χ4v) is 1.44. The standard InChI is InChI=1S/C8H6ClNO2/c9-4-1-5-6(7(10)2-4)3-12-8(5)11/h1-2H,3,10H2. The van der Waals surface area contributed by atoms with Gasteiger partial charge in [0, 0.05) is 16.3 Å². The first-order valence-corrected chi connectivity index (χ1v) is 3.81. The number of hydrogen-bond donors (Lipinski definition) is 1. The van der Waals surface area contributed by atoms with E-state index in [1.807, 2.05) is 0 Å². The van der Waals surface area contributed by atoms with Crippen molar-refractivity contribution in [2.24, 2.45) is 0 Å². The van der Waals surface area contributed by atoms with Gasteiger partial charge in [-0.15, -0.1) is 0 Å². The van der Waals surface area contributed by atoms with Gasteiger partial charge in [0.2, 0.25) is 0 Å². The lowest BCUT2D eigenvalue weighted by molar-refractivity contribution is 0.0535. The van der Waals surface area contributed by atoms with Gasteiger partial charge in [-0.3, -0.25) is 0 Å². The van der Waals surface area contributed by atoms with Crippen molar-refractivity contribution < 1.29 is 9.53 Å². The van der Waals surface area contributed by atoms with Crippen molar-refractivity contribution in [2.75, 3.05) is 5.73 Å². The highest BCUT2D eigenvalue weighted by atomic mass is 35.5. The zero-order valence-corrected chi connectivity index (χ0v) is 6.89. The molecule has 0 aromatic heterocycles. The Labute approximate surface area is 74.1 Å². The molecule has 0 saturated heterocycles. The molecule has 2 rings (SSSR count). The van der Waals surface area contributed by atoms with Crippen LogP contribution in [0.15, 0.2) is 12.1 Å². The second kappa shape index (κ2) is 2.38. The molecule has 0 bridgehead atoms. The smallest absolute Gasteiger partial charge is 0.339 e. The summed E-state index contributed by atoms with van der Waals surface area (Å²) in [5, 5.41) is 0.463. The Hall–Kier alpha value is -1.22. The zero-order valence-electron chi connectivity index (χ0n) is 6.13. The molecule has 1 aromatic carbocycles. The summed E-state index contributed by atoms with van der Waals surface area (Å²) in [6.07, 6.45) is 0. The Morgan fingerprint density at radius 2 is 2.25 bits per heavy atom. The molecule has 4 heteroatoms. The summed E-state index contributed by atoms with van der Waals surface area (Å²) < 4.78 is 4.78. The lowest BCUT2D eigenvalue weighted by atomic mass is 10.1. The van der Waals surface area contributed by atoms with Crippen molar-refractivity contribution in [1.29, 1.82) is 0 Å². The monoisotopic (exact) mass is 183 g/mol. The van der Waals surface area contributed by atoms with Crippen LogP contribution in [0.25, 0.3) is 0 Å². The Bertz CT molecular complexity index is 362. The van der Waals surface area contributed by atoms with E-state index in [1.165, 1.54) is 0 Å².